The minimum atomic E-state index is -0.778. The van der Waals surface area contributed by atoms with Crippen LogP contribution in [0.1, 0.15) is 28.1 Å². The van der Waals surface area contributed by atoms with Gasteiger partial charge in [-0.3, -0.25) is 14.9 Å². The maximum atomic E-state index is 13.9. The van der Waals surface area contributed by atoms with Crippen molar-refractivity contribution in [2.24, 2.45) is 0 Å². The lowest BCUT2D eigenvalue weighted by Crippen LogP contribution is -2.54. The van der Waals surface area contributed by atoms with Crippen LogP contribution >= 0.6 is 0 Å². The third kappa shape index (κ3) is 4.96. The monoisotopic (exact) mass is 523 g/mol. The predicted molar refractivity (Wildman–Crippen MR) is 146 cm³/mol. The first kappa shape index (κ1) is 25.7. The molecule has 0 unspecified atom stereocenters. The molecule has 0 saturated carbocycles. The smallest absolute Gasteiger partial charge is 0.335 e. The molecule has 0 spiro atoms. The van der Waals surface area contributed by atoms with E-state index in [1.54, 1.807) is 55.5 Å². The normalized spacial score (nSPS) is 14.6. The summed E-state index contributed by atoms with van der Waals surface area (Å²) in [5, 5.41) is 2.28. The van der Waals surface area contributed by atoms with Crippen LogP contribution in [0.2, 0.25) is 0 Å². The van der Waals surface area contributed by atoms with Gasteiger partial charge in [0.2, 0.25) is 0 Å². The molecule has 0 bridgehead atoms. The predicted octanol–water partition coefficient (Wildman–Crippen LogP) is 5.79. The Morgan fingerprint density at radius 3 is 2.31 bits per heavy atom. The standard InChI is InChI=1S/C31H26FN3O4/c1-19-8-4-7-11-28(19)35-30(37)26(29(36)33-31(35)38)17-23-16-20(2)34(21(23)3)24-12-14-25(15-13-24)39-18-22-9-5-6-10-27(22)32/h4-17H,18H2,1-3H3,(H,33,36,38)/b26-17+. The van der Waals surface area contributed by atoms with E-state index in [4.69, 9.17) is 4.74 Å². The molecule has 2 heterocycles. The van der Waals surface area contributed by atoms with Gasteiger partial charge in [0.25, 0.3) is 11.8 Å². The second-order valence-electron chi connectivity index (χ2n) is 9.28. The average molecular weight is 524 g/mol. The number of para-hydroxylation sites is 1. The van der Waals surface area contributed by atoms with Crippen molar-refractivity contribution < 1.29 is 23.5 Å². The number of urea groups is 1. The van der Waals surface area contributed by atoms with E-state index >= 15 is 0 Å². The third-order valence-corrected chi connectivity index (χ3v) is 6.68. The van der Waals surface area contributed by atoms with E-state index in [0.29, 0.717) is 22.6 Å². The molecular formula is C31H26FN3O4. The van der Waals surface area contributed by atoms with Gasteiger partial charge >= 0.3 is 6.03 Å². The quantitative estimate of drug-likeness (QED) is 0.256. The molecule has 0 atom stereocenters. The average Bonchev–Trinajstić information content (AvgIpc) is 3.19. The number of aromatic nitrogens is 1. The van der Waals surface area contributed by atoms with Gasteiger partial charge < -0.3 is 9.30 Å². The highest BCUT2D eigenvalue weighted by Gasteiger charge is 2.37. The minimum Gasteiger partial charge on any atom is -0.489 e. The van der Waals surface area contributed by atoms with Gasteiger partial charge in [-0.05, 0) is 80.4 Å². The first-order valence-electron chi connectivity index (χ1n) is 12.4. The maximum Gasteiger partial charge on any atom is 0.335 e. The lowest BCUT2D eigenvalue weighted by Gasteiger charge is -2.27. The third-order valence-electron chi connectivity index (χ3n) is 6.68. The van der Waals surface area contributed by atoms with Crippen LogP contribution < -0.4 is 15.0 Å². The van der Waals surface area contributed by atoms with Gasteiger partial charge in [0.05, 0.1) is 5.69 Å². The lowest BCUT2D eigenvalue weighted by atomic mass is 10.1. The molecule has 39 heavy (non-hydrogen) atoms. The molecule has 5 rings (SSSR count). The highest BCUT2D eigenvalue weighted by molar-refractivity contribution is 6.39. The maximum absolute atomic E-state index is 13.9. The number of carbonyl (C=O) groups is 3. The fourth-order valence-electron chi connectivity index (χ4n) is 4.65. The Hall–Kier alpha value is -4.98. The van der Waals surface area contributed by atoms with Gasteiger partial charge in [0.1, 0.15) is 23.7 Å². The van der Waals surface area contributed by atoms with E-state index in [1.165, 1.54) is 12.1 Å². The van der Waals surface area contributed by atoms with Crippen LogP contribution in [0, 0.1) is 26.6 Å². The molecule has 1 saturated heterocycles. The Balaban J connectivity index is 1.41. The molecule has 196 valence electrons. The molecule has 1 aromatic heterocycles. The van der Waals surface area contributed by atoms with Crippen molar-refractivity contribution in [2.75, 3.05) is 4.90 Å². The number of imide groups is 2. The van der Waals surface area contributed by atoms with Gasteiger partial charge in [-0.15, -0.1) is 0 Å². The zero-order chi connectivity index (χ0) is 27.7. The van der Waals surface area contributed by atoms with Crippen LogP contribution in [0.25, 0.3) is 11.8 Å². The van der Waals surface area contributed by atoms with Crippen LogP contribution in [-0.2, 0) is 16.2 Å². The molecular weight excluding hydrogens is 497 g/mol. The summed E-state index contributed by atoms with van der Waals surface area (Å²) < 4.78 is 21.6. The number of nitrogens with one attached hydrogen (secondary N) is 1. The molecule has 4 aromatic rings. The van der Waals surface area contributed by atoms with Crippen LogP contribution in [0.15, 0.2) is 84.4 Å². The van der Waals surface area contributed by atoms with Crippen molar-refractivity contribution in [3.05, 3.63) is 118 Å². The first-order chi connectivity index (χ1) is 18.7. The molecule has 1 aliphatic rings. The first-order valence-corrected chi connectivity index (χ1v) is 12.4. The number of nitrogens with zero attached hydrogens (tertiary/aromatic N) is 2. The summed E-state index contributed by atoms with van der Waals surface area (Å²) in [4.78, 5) is 39.6. The molecule has 1 N–H and O–H groups in total. The van der Waals surface area contributed by atoms with E-state index in [2.05, 4.69) is 5.32 Å². The Bertz CT molecular complexity index is 1640. The summed E-state index contributed by atoms with van der Waals surface area (Å²) in [5.41, 5.74) is 4.70. The lowest BCUT2D eigenvalue weighted by molar-refractivity contribution is -0.122. The largest absolute Gasteiger partial charge is 0.489 e. The highest BCUT2D eigenvalue weighted by atomic mass is 19.1. The van der Waals surface area contributed by atoms with E-state index in [-0.39, 0.29) is 18.0 Å². The topological polar surface area (TPSA) is 80.6 Å². The van der Waals surface area contributed by atoms with E-state index < -0.39 is 17.8 Å². The Morgan fingerprint density at radius 1 is 0.897 bits per heavy atom. The Labute approximate surface area is 225 Å². The van der Waals surface area contributed by atoms with Gasteiger partial charge in [0, 0.05) is 22.6 Å². The zero-order valence-corrected chi connectivity index (χ0v) is 21.7. The highest BCUT2D eigenvalue weighted by Crippen LogP contribution is 2.28. The van der Waals surface area contributed by atoms with Gasteiger partial charge in [-0.25, -0.2) is 14.1 Å². The van der Waals surface area contributed by atoms with Gasteiger partial charge in [-0.1, -0.05) is 36.4 Å². The summed E-state index contributed by atoms with van der Waals surface area (Å²) >= 11 is 0. The summed E-state index contributed by atoms with van der Waals surface area (Å²) in [5.74, 6) is -1.14. The van der Waals surface area contributed by atoms with E-state index in [9.17, 15) is 18.8 Å². The number of hydrogen-bond acceptors (Lipinski definition) is 4. The number of benzene rings is 3. The Morgan fingerprint density at radius 2 is 1.59 bits per heavy atom. The van der Waals surface area contributed by atoms with Crippen molar-refractivity contribution in [2.45, 2.75) is 27.4 Å². The molecule has 4 amide bonds. The zero-order valence-electron chi connectivity index (χ0n) is 21.7. The van der Waals surface area contributed by atoms with Crippen LogP contribution in [0.5, 0.6) is 5.75 Å². The number of anilines is 1. The van der Waals surface area contributed by atoms with Crippen molar-refractivity contribution in [3.8, 4) is 11.4 Å². The Kier molecular flexibility index (Phi) is 6.85. The molecule has 7 nitrogen and oxygen atoms in total. The number of rotatable bonds is 6. The van der Waals surface area contributed by atoms with Crippen molar-refractivity contribution >= 4 is 29.6 Å². The molecule has 1 fully saturated rings. The second kappa shape index (κ2) is 10.4. The fourth-order valence-corrected chi connectivity index (χ4v) is 4.65. The number of amides is 4. The SMILES string of the molecule is Cc1ccccc1N1C(=O)NC(=O)/C(=C\c2cc(C)n(-c3ccc(OCc4ccccc4F)cc3)c2C)C1=O. The molecule has 8 heteroatoms. The van der Waals surface area contributed by atoms with Crippen molar-refractivity contribution in [3.63, 3.8) is 0 Å². The number of halogens is 1. The molecule has 0 aliphatic carbocycles. The van der Waals surface area contributed by atoms with Crippen LogP contribution in [0.3, 0.4) is 0 Å². The van der Waals surface area contributed by atoms with Crippen LogP contribution in [-0.4, -0.2) is 22.4 Å². The fraction of sp³-hybridized carbons (Fsp3) is 0.129. The number of hydrogen-bond donors (Lipinski definition) is 1. The van der Waals surface area contributed by atoms with Crippen molar-refractivity contribution in [1.82, 2.24) is 9.88 Å². The number of barbiturate groups is 1. The van der Waals surface area contributed by atoms with Gasteiger partial charge in [-0.2, -0.15) is 0 Å². The number of ether oxygens (including phenoxy) is 1. The second-order valence-corrected chi connectivity index (χ2v) is 9.28. The van der Waals surface area contributed by atoms with E-state index in [0.717, 1.165) is 27.5 Å². The molecule has 0 radical (unpaired) electrons. The minimum absolute atomic E-state index is 0.115. The summed E-state index contributed by atoms with van der Waals surface area (Å²) in [7, 11) is 0. The summed E-state index contributed by atoms with van der Waals surface area (Å²) in [6.07, 6.45) is 1.51. The van der Waals surface area contributed by atoms with Gasteiger partial charge in [0.15, 0.2) is 0 Å². The summed E-state index contributed by atoms with van der Waals surface area (Å²) in [6, 6.07) is 21.9. The van der Waals surface area contributed by atoms with E-state index in [1.807, 2.05) is 42.7 Å². The molecule has 3 aromatic carbocycles. The number of carbonyl (C=O) groups excluding carboxylic acids is 3. The van der Waals surface area contributed by atoms with Crippen molar-refractivity contribution in [1.29, 1.82) is 0 Å². The molecule has 1 aliphatic heterocycles. The number of aryl methyl sites for hydroxylation is 2. The summed E-state index contributed by atoms with van der Waals surface area (Å²) in [6.45, 7) is 5.71. The van der Waals surface area contributed by atoms with Crippen LogP contribution in [0.4, 0.5) is 14.9 Å².